The first-order valence-electron chi connectivity index (χ1n) is 6.13. The first kappa shape index (κ1) is 14.7. The molecule has 15 heavy (non-hydrogen) atoms. The summed E-state index contributed by atoms with van der Waals surface area (Å²) >= 11 is 0. The van der Waals surface area contributed by atoms with Crippen LogP contribution in [0.1, 0.15) is 39.5 Å². The summed E-state index contributed by atoms with van der Waals surface area (Å²) in [5, 5.41) is 0. The maximum atomic E-state index is 5.89. The van der Waals surface area contributed by atoms with E-state index in [1.165, 1.54) is 19.3 Å². The van der Waals surface area contributed by atoms with E-state index in [-0.39, 0.29) is 0 Å². The lowest BCUT2D eigenvalue weighted by atomic mass is 9.82. The van der Waals surface area contributed by atoms with Gasteiger partial charge in [0.05, 0.1) is 0 Å². The third-order valence-corrected chi connectivity index (χ3v) is 3.49. The van der Waals surface area contributed by atoms with Crippen LogP contribution in [-0.4, -0.2) is 31.6 Å². The zero-order valence-electron chi connectivity index (χ0n) is 10.8. The van der Waals surface area contributed by atoms with Crippen molar-refractivity contribution in [2.24, 2.45) is 11.1 Å². The number of rotatable bonds is 9. The molecule has 2 nitrogen and oxygen atoms in total. The van der Waals surface area contributed by atoms with E-state index >= 15 is 0 Å². The van der Waals surface area contributed by atoms with Gasteiger partial charge in [0, 0.05) is 6.54 Å². The lowest BCUT2D eigenvalue weighted by molar-refractivity contribution is 0.166. The van der Waals surface area contributed by atoms with Crippen molar-refractivity contribution in [3.63, 3.8) is 0 Å². The molecule has 2 heteroatoms. The predicted molar refractivity (Wildman–Crippen MR) is 69.0 cm³/mol. The van der Waals surface area contributed by atoms with Gasteiger partial charge in [-0.15, -0.1) is 6.58 Å². The van der Waals surface area contributed by atoms with E-state index in [4.69, 9.17) is 5.73 Å². The minimum atomic E-state index is 0.322. The fourth-order valence-corrected chi connectivity index (χ4v) is 1.98. The molecule has 0 heterocycles. The first-order valence-corrected chi connectivity index (χ1v) is 6.13. The molecule has 0 bridgehead atoms. The van der Waals surface area contributed by atoms with Gasteiger partial charge in [-0.3, -0.25) is 0 Å². The number of nitrogens with two attached hydrogens (primary N) is 1. The van der Waals surface area contributed by atoms with E-state index < -0.39 is 0 Å². The van der Waals surface area contributed by atoms with Gasteiger partial charge in [-0.1, -0.05) is 19.9 Å². The second-order valence-electron chi connectivity index (χ2n) is 4.58. The molecular formula is C13H28N2. The molecule has 0 aliphatic carbocycles. The Kier molecular flexibility index (Phi) is 7.71. The zero-order valence-corrected chi connectivity index (χ0v) is 10.8. The SMILES string of the molecule is C=CCCCN(C)CC(CC)(CC)CN. The van der Waals surface area contributed by atoms with Crippen LogP contribution in [0.5, 0.6) is 0 Å². The number of allylic oxidation sites excluding steroid dienone is 1. The Bertz CT molecular complexity index is 154. The molecule has 0 saturated heterocycles. The molecule has 90 valence electrons. The van der Waals surface area contributed by atoms with Crippen LogP contribution in [0.15, 0.2) is 12.7 Å². The highest BCUT2D eigenvalue weighted by Crippen LogP contribution is 2.25. The van der Waals surface area contributed by atoms with Gasteiger partial charge in [0.2, 0.25) is 0 Å². The minimum Gasteiger partial charge on any atom is -0.330 e. The molecule has 0 aromatic carbocycles. The Hall–Kier alpha value is -0.340. The molecule has 0 rings (SSSR count). The highest BCUT2D eigenvalue weighted by molar-refractivity contribution is 4.80. The van der Waals surface area contributed by atoms with Crippen molar-refractivity contribution in [2.45, 2.75) is 39.5 Å². The van der Waals surface area contributed by atoms with Crippen molar-refractivity contribution in [1.82, 2.24) is 4.90 Å². The Morgan fingerprint density at radius 3 is 2.33 bits per heavy atom. The van der Waals surface area contributed by atoms with Crippen LogP contribution in [0.4, 0.5) is 0 Å². The number of hydrogen-bond donors (Lipinski definition) is 1. The summed E-state index contributed by atoms with van der Waals surface area (Å²) in [4.78, 5) is 2.41. The van der Waals surface area contributed by atoms with E-state index in [0.717, 1.165) is 26.1 Å². The van der Waals surface area contributed by atoms with Crippen molar-refractivity contribution in [1.29, 1.82) is 0 Å². The van der Waals surface area contributed by atoms with E-state index in [2.05, 4.69) is 32.4 Å². The fourth-order valence-electron chi connectivity index (χ4n) is 1.98. The molecule has 0 aliphatic rings. The highest BCUT2D eigenvalue weighted by Gasteiger charge is 2.25. The van der Waals surface area contributed by atoms with E-state index in [9.17, 15) is 0 Å². The molecule has 0 atom stereocenters. The molecule has 0 aliphatic heterocycles. The molecule has 0 aromatic rings. The van der Waals surface area contributed by atoms with Gasteiger partial charge < -0.3 is 10.6 Å². The lowest BCUT2D eigenvalue weighted by Crippen LogP contribution is -2.40. The molecule has 2 N–H and O–H groups in total. The molecule has 0 spiro atoms. The van der Waals surface area contributed by atoms with Gasteiger partial charge >= 0.3 is 0 Å². The summed E-state index contributed by atoms with van der Waals surface area (Å²) < 4.78 is 0. The van der Waals surface area contributed by atoms with Gasteiger partial charge in [-0.25, -0.2) is 0 Å². The first-order chi connectivity index (χ1) is 7.14. The van der Waals surface area contributed by atoms with E-state index in [1.54, 1.807) is 0 Å². The normalized spacial score (nSPS) is 12.1. The summed E-state index contributed by atoms with van der Waals surface area (Å²) in [7, 11) is 2.19. The third kappa shape index (κ3) is 5.33. The predicted octanol–water partition coefficient (Wildman–Crippen LogP) is 2.65. The standard InChI is InChI=1S/C13H28N2/c1-5-8-9-10-15(4)12-13(6-2,7-3)11-14/h5H,1,6-12,14H2,2-4H3. The maximum Gasteiger partial charge on any atom is 0.00468 e. The quantitative estimate of drug-likeness (QED) is 0.470. The lowest BCUT2D eigenvalue weighted by Gasteiger charge is -2.34. The molecule has 0 amide bonds. The van der Waals surface area contributed by atoms with Crippen molar-refractivity contribution >= 4 is 0 Å². The highest BCUT2D eigenvalue weighted by atomic mass is 15.1. The average Bonchev–Trinajstić information content (AvgIpc) is 2.26. The molecule has 0 aromatic heterocycles. The second kappa shape index (κ2) is 7.89. The third-order valence-electron chi connectivity index (χ3n) is 3.49. The summed E-state index contributed by atoms with van der Waals surface area (Å²) in [5.74, 6) is 0. The molecule has 0 fully saturated rings. The van der Waals surface area contributed by atoms with Gasteiger partial charge in [0.15, 0.2) is 0 Å². The van der Waals surface area contributed by atoms with Crippen LogP contribution in [0.25, 0.3) is 0 Å². The molecule has 0 radical (unpaired) electrons. The topological polar surface area (TPSA) is 29.3 Å². The van der Waals surface area contributed by atoms with Gasteiger partial charge in [-0.2, -0.15) is 0 Å². The van der Waals surface area contributed by atoms with Crippen LogP contribution in [-0.2, 0) is 0 Å². The fraction of sp³-hybridized carbons (Fsp3) is 0.846. The second-order valence-corrected chi connectivity index (χ2v) is 4.58. The Labute approximate surface area is 95.5 Å². The number of nitrogens with zero attached hydrogens (tertiary/aromatic N) is 1. The van der Waals surface area contributed by atoms with Crippen LogP contribution in [0, 0.1) is 5.41 Å². The Morgan fingerprint density at radius 1 is 1.33 bits per heavy atom. The number of hydrogen-bond acceptors (Lipinski definition) is 2. The monoisotopic (exact) mass is 212 g/mol. The van der Waals surface area contributed by atoms with Crippen molar-refractivity contribution in [3.05, 3.63) is 12.7 Å². The van der Waals surface area contributed by atoms with Crippen LogP contribution in [0.2, 0.25) is 0 Å². The van der Waals surface area contributed by atoms with Crippen molar-refractivity contribution in [2.75, 3.05) is 26.7 Å². The number of unbranched alkanes of at least 4 members (excludes halogenated alkanes) is 1. The van der Waals surface area contributed by atoms with Crippen molar-refractivity contribution in [3.8, 4) is 0 Å². The molecular weight excluding hydrogens is 184 g/mol. The summed E-state index contributed by atoms with van der Waals surface area (Å²) in [5.41, 5.74) is 6.21. The minimum absolute atomic E-state index is 0.322. The van der Waals surface area contributed by atoms with Crippen LogP contribution < -0.4 is 5.73 Å². The van der Waals surface area contributed by atoms with Gasteiger partial charge in [0.1, 0.15) is 0 Å². The maximum absolute atomic E-state index is 5.89. The largest absolute Gasteiger partial charge is 0.330 e. The Morgan fingerprint density at radius 2 is 1.93 bits per heavy atom. The summed E-state index contributed by atoms with van der Waals surface area (Å²) in [6, 6.07) is 0. The molecule has 0 saturated carbocycles. The van der Waals surface area contributed by atoms with E-state index in [1.807, 2.05) is 6.08 Å². The van der Waals surface area contributed by atoms with Crippen LogP contribution >= 0.6 is 0 Å². The van der Waals surface area contributed by atoms with Crippen molar-refractivity contribution < 1.29 is 0 Å². The zero-order chi connectivity index (χ0) is 11.7. The summed E-state index contributed by atoms with van der Waals surface area (Å²) in [6.45, 7) is 11.3. The molecule has 0 unspecified atom stereocenters. The van der Waals surface area contributed by atoms with Gasteiger partial charge in [0.25, 0.3) is 0 Å². The average molecular weight is 212 g/mol. The van der Waals surface area contributed by atoms with Gasteiger partial charge in [-0.05, 0) is 51.2 Å². The Balaban J connectivity index is 3.99. The smallest absolute Gasteiger partial charge is 0.00468 e. The van der Waals surface area contributed by atoms with E-state index in [0.29, 0.717) is 5.41 Å². The van der Waals surface area contributed by atoms with Crippen LogP contribution in [0.3, 0.4) is 0 Å². The summed E-state index contributed by atoms with van der Waals surface area (Å²) in [6.07, 6.45) is 6.65.